The van der Waals surface area contributed by atoms with Crippen LogP contribution in [-0.4, -0.2) is 72.4 Å². The molecule has 0 bridgehead atoms. The minimum absolute atomic E-state index is 0.0959. The lowest BCUT2D eigenvalue weighted by atomic mass is 10.1. The third kappa shape index (κ3) is 4.88. The first-order valence-corrected chi connectivity index (χ1v) is 6.83. The number of carboxylic acids is 2. The van der Waals surface area contributed by atoms with E-state index in [1.54, 1.807) is 0 Å². The second-order valence-electron chi connectivity index (χ2n) is 4.86. The molecule has 2 fully saturated rings. The van der Waals surface area contributed by atoms with E-state index >= 15 is 0 Å². The van der Waals surface area contributed by atoms with Gasteiger partial charge in [0.15, 0.2) is 6.10 Å². The van der Waals surface area contributed by atoms with Gasteiger partial charge in [0.1, 0.15) is 18.3 Å². The summed E-state index contributed by atoms with van der Waals surface area (Å²) in [5.41, 5.74) is 0. The summed E-state index contributed by atoms with van der Waals surface area (Å²) >= 11 is 0. The molecule has 2 saturated heterocycles. The second-order valence-corrected chi connectivity index (χ2v) is 4.86. The van der Waals surface area contributed by atoms with E-state index in [9.17, 15) is 14.4 Å². The first-order chi connectivity index (χ1) is 11.0. The van der Waals surface area contributed by atoms with Gasteiger partial charge in [-0.3, -0.25) is 0 Å². The molecule has 0 aromatic heterocycles. The maximum Gasteiger partial charge on any atom is 0.331 e. The zero-order valence-electron chi connectivity index (χ0n) is 12.0. The highest BCUT2D eigenvalue weighted by molar-refractivity contribution is 5.90. The molecule has 0 radical (unpaired) electrons. The van der Waals surface area contributed by atoms with Crippen LogP contribution in [0.2, 0.25) is 0 Å². The van der Waals surface area contributed by atoms with Gasteiger partial charge < -0.3 is 29.2 Å². The van der Waals surface area contributed by atoms with Gasteiger partial charge in [-0.25, -0.2) is 14.4 Å². The zero-order chi connectivity index (χ0) is 16.8. The van der Waals surface area contributed by atoms with Gasteiger partial charge in [0.05, 0.1) is 19.8 Å². The van der Waals surface area contributed by atoms with Crippen molar-refractivity contribution in [3.8, 4) is 0 Å². The smallest absolute Gasteiger partial charge is 0.331 e. The van der Waals surface area contributed by atoms with Crippen LogP contribution < -0.4 is 0 Å². The van der Waals surface area contributed by atoms with Gasteiger partial charge in [-0.2, -0.15) is 0 Å². The van der Waals surface area contributed by atoms with Crippen LogP contribution in [0, 0.1) is 0 Å². The highest BCUT2D eigenvalue weighted by Gasteiger charge is 2.49. The Balaban J connectivity index is 1.81. The molecule has 2 aliphatic rings. The maximum atomic E-state index is 11.5. The van der Waals surface area contributed by atoms with Gasteiger partial charge in [-0.05, 0) is 0 Å². The fourth-order valence-electron chi connectivity index (χ4n) is 2.33. The summed E-state index contributed by atoms with van der Waals surface area (Å²) in [7, 11) is 0. The SMILES string of the molecule is O=C(O)C=CCOC1COC2C(OC(=O)C=CC(=O)O)COC12. The summed E-state index contributed by atoms with van der Waals surface area (Å²) in [6, 6.07) is 0. The predicted molar refractivity (Wildman–Crippen MR) is 72.7 cm³/mol. The number of ether oxygens (including phenoxy) is 4. The van der Waals surface area contributed by atoms with Crippen LogP contribution in [0.5, 0.6) is 0 Å². The lowest BCUT2D eigenvalue weighted by Gasteiger charge is -2.16. The highest BCUT2D eigenvalue weighted by Crippen LogP contribution is 2.30. The number of hydrogen-bond donors (Lipinski definition) is 2. The van der Waals surface area contributed by atoms with Crippen LogP contribution >= 0.6 is 0 Å². The van der Waals surface area contributed by atoms with E-state index in [1.165, 1.54) is 6.08 Å². The molecule has 9 heteroatoms. The molecule has 9 nitrogen and oxygen atoms in total. The number of carbonyl (C=O) groups is 3. The number of esters is 1. The number of hydrogen-bond acceptors (Lipinski definition) is 7. The van der Waals surface area contributed by atoms with E-state index in [2.05, 4.69) is 0 Å². The van der Waals surface area contributed by atoms with Crippen molar-refractivity contribution in [1.82, 2.24) is 0 Å². The minimum atomic E-state index is -1.25. The number of rotatable bonds is 7. The van der Waals surface area contributed by atoms with E-state index < -0.39 is 42.3 Å². The predicted octanol–water partition coefficient (Wildman–Crippen LogP) is -0.637. The van der Waals surface area contributed by atoms with E-state index in [1.807, 2.05) is 0 Å². The molecule has 0 spiro atoms. The van der Waals surface area contributed by atoms with Gasteiger partial charge in [-0.1, -0.05) is 6.08 Å². The lowest BCUT2D eigenvalue weighted by Crippen LogP contribution is -2.35. The molecular formula is C14H16O9. The summed E-state index contributed by atoms with van der Waals surface area (Å²) in [6.45, 7) is 0.445. The van der Waals surface area contributed by atoms with E-state index in [4.69, 9.17) is 29.2 Å². The van der Waals surface area contributed by atoms with Crippen molar-refractivity contribution >= 4 is 17.9 Å². The molecule has 2 aliphatic heterocycles. The largest absolute Gasteiger partial charge is 0.478 e. The third-order valence-corrected chi connectivity index (χ3v) is 3.26. The Morgan fingerprint density at radius 3 is 2.22 bits per heavy atom. The molecule has 0 aliphatic carbocycles. The Labute approximate surface area is 131 Å². The summed E-state index contributed by atoms with van der Waals surface area (Å²) in [6.07, 6.45) is 1.88. The van der Waals surface area contributed by atoms with Crippen molar-refractivity contribution < 1.29 is 43.5 Å². The second kappa shape index (κ2) is 7.86. The summed E-state index contributed by atoms with van der Waals surface area (Å²) in [5, 5.41) is 16.9. The van der Waals surface area contributed by atoms with Crippen molar-refractivity contribution in [2.24, 2.45) is 0 Å². The van der Waals surface area contributed by atoms with Gasteiger partial charge in [0.25, 0.3) is 0 Å². The standard InChI is InChI=1S/C14H16O9/c15-10(16)2-1-5-20-8-6-21-14-9(7-22-13(8)14)23-12(19)4-3-11(17)18/h1-4,8-9,13-14H,5-7H2,(H,15,16)(H,17,18). The quantitative estimate of drug-likeness (QED) is 0.463. The molecule has 0 amide bonds. The molecule has 0 saturated carbocycles. The van der Waals surface area contributed by atoms with Gasteiger partial charge in [0.2, 0.25) is 0 Å². The van der Waals surface area contributed by atoms with E-state index in [0.29, 0.717) is 6.08 Å². The summed E-state index contributed by atoms with van der Waals surface area (Å²) < 4.78 is 21.6. The first kappa shape index (κ1) is 17.1. The Morgan fingerprint density at radius 1 is 0.957 bits per heavy atom. The van der Waals surface area contributed by atoms with Crippen molar-refractivity contribution in [1.29, 1.82) is 0 Å². The highest BCUT2D eigenvalue weighted by atomic mass is 16.7. The van der Waals surface area contributed by atoms with Crippen molar-refractivity contribution in [3.63, 3.8) is 0 Å². The monoisotopic (exact) mass is 328 g/mol. The van der Waals surface area contributed by atoms with Gasteiger partial charge >= 0.3 is 17.9 Å². The molecule has 4 unspecified atom stereocenters. The van der Waals surface area contributed by atoms with E-state index in [0.717, 1.165) is 12.2 Å². The lowest BCUT2D eigenvalue weighted by molar-refractivity contribution is -0.148. The zero-order valence-corrected chi connectivity index (χ0v) is 12.0. The molecular weight excluding hydrogens is 312 g/mol. The van der Waals surface area contributed by atoms with Gasteiger partial charge in [0, 0.05) is 18.2 Å². The molecule has 2 heterocycles. The maximum absolute atomic E-state index is 11.5. The van der Waals surface area contributed by atoms with Crippen LogP contribution in [0.15, 0.2) is 24.3 Å². The third-order valence-electron chi connectivity index (χ3n) is 3.26. The molecule has 2 N–H and O–H groups in total. The Bertz CT molecular complexity index is 524. The Hall–Kier alpha value is -2.23. The molecule has 0 aromatic rings. The van der Waals surface area contributed by atoms with Crippen LogP contribution in [0.1, 0.15) is 0 Å². The molecule has 0 aromatic carbocycles. The van der Waals surface area contributed by atoms with E-state index in [-0.39, 0.29) is 19.8 Å². The fraction of sp³-hybridized carbons (Fsp3) is 0.500. The molecule has 2 rings (SSSR count). The van der Waals surface area contributed by atoms with Crippen molar-refractivity contribution in [2.45, 2.75) is 24.4 Å². The average Bonchev–Trinajstić information content (AvgIpc) is 3.05. The van der Waals surface area contributed by atoms with Crippen LogP contribution in [-0.2, 0) is 33.3 Å². The van der Waals surface area contributed by atoms with Crippen LogP contribution in [0.3, 0.4) is 0 Å². The summed E-state index contributed by atoms with van der Waals surface area (Å²) in [5.74, 6) is -3.10. The molecule has 4 atom stereocenters. The number of carbonyl (C=O) groups excluding carboxylic acids is 1. The fourth-order valence-corrected chi connectivity index (χ4v) is 2.33. The topological polar surface area (TPSA) is 129 Å². The first-order valence-electron chi connectivity index (χ1n) is 6.83. The van der Waals surface area contributed by atoms with Crippen LogP contribution in [0.25, 0.3) is 0 Å². The number of carboxylic acid groups (broad SMARTS) is 2. The minimum Gasteiger partial charge on any atom is -0.478 e. The summed E-state index contributed by atoms with van der Waals surface area (Å²) in [4.78, 5) is 32.1. The van der Waals surface area contributed by atoms with Gasteiger partial charge in [-0.15, -0.1) is 0 Å². The average molecular weight is 328 g/mol. The van der Waals surface area contributed by atoms with Crippen molar-refractivity contribution in [2.75, 3.05) is 19.8 Å². The Morgan fingerprint density at radius 2 is 1.57 bits per heavy atom. The normalized spacial score (nSPS) is 29.9. The van der Waals surface area contributed by atoms with Crippen molar-refractivity contribution in [3.05, 3.63) is 24.3 Å². The number of aliphatic carboxylic acids is 2. The van der Waals surface area contributed by atoms with Crippen LogP contribution in [0.4, 0.5) is 0 Å². The molecule has 126 valence electrons. The number of fused-ring (bicyclic) bond motifs is 1. The Kier molecular flexibility index (Phi) is 5.85. The molecule has 23 heavy (non-hydrogen) atoms.